The molecule has 0 fully saturated rings. The Morgan fingerprint density at radius 2 is 1.75 bits per heavy atom. The topological polar surface area (TPSA) is 129 Å². The molecule has 28 heavy (non-hydrogen) atoms. The number of nitrogens with two attached hydrogens (primary N) is 1. The molecule has 3 N–H and O–H groups in total. The smallest absolute Gasteiger partial charge is 0.361 e. The van der Waals surface area contributed by atoms with E-state index in [1.807, 2.05) is 18.2 Å². The SMILES string of the molecule is CC(OC(=O)c1cnn(-c2ccccc2)n1)C(=O)Nc1ccc(C(N)=O)cc1. The number of anilines is 1. The number of carbonyl (C=O) groups excluding carboxylic acids is 3. The highest BCUT2D eigenvalue weighted by molar-refractivity contribution is 5.97. The molecule has 0 radical (unpaired) electrons. The van der Waals surface area contributed by atoms with Crippen molar-refractivity contribution in [2.24, 2.45) is 5.73 Å². The lowest BCUT2D eigenvalue weighted by molar-refractivity contribution is -0.123. The standard InChI is InChI=1S/C19H17N5O4/c1-12(18(26)22-14-9-7-13(8-10-14)17(20)25)28-19(27)16-11-21-24(23-16)15-5-3-2-4-6-15/h2-12H,1H3,(H2,20,25)(H,22,26). The molecule has 0 bridgehead atoms. The number of primary amides is 1. The van der Waals surface area contributed by atoms with E-state index in [1.165, 1.54) is 42.2 Å². The van der Waals surface area contributed by atoms with Crippen molar-refractivity contribution in [2.75, 3.05) is 5.32 Å². The van der Waals surface area contributed by atoms with Crippen LogP contribution in [-0.4, -0.2) is 38.9 Å². The number of hydrogen-bond acceptors (Lipinski definition) is 6. The van der Waals surface area contributed by atoms with Crippen LogP contribution >= 0.6 is 0 Å². The van der Waals surface area contributed by atoms with Crippen LogP contribution in [0.5, 0.6) is 0 Å². The van der Waals surface area contributed by atoms with Gasteiger partial charge in [0.1, 0.15) is 0 Å². The average molecular weight is 379 g/mol. The maximum Gasteiger partial charge on any atom is 0.361 e. The number of para-hydroxylation sites is 1. The molecule has 1 aromatic heterocycles. The van der Waals surface area contributed by atoms with Crippen LogP contribution < -0.4 is 11.1 Å². The Balaban J connectivity index is 1.60. The molecule has 1 heterocycles. The van der Waals surface area contributed by atoms with Crippen LogP contribution in [0.25, 0.3) is 5.69 Å². The van der Waals surface area contributed by atoms with Crippen LogP contribution in [-0.2, 0) is 9.53 Å². The van der Waals surface area contributed by atoms with E-state index in [1.54, 1.807) is 12.1 Å². The van der Waals surface area contributed by atoms with Crippen molar-refractivity contribution in [1.82, 2.24) is 15.0 Å². The summed E-state index contributed by atoms with van der Waals surface area (Å²) in [5.41, 5.74) is 6.59. The minimum Gasteiger partial charge on any atom is -0.448 e. The van der Waals surface area contributed by atoms with Gasteiger partial charge in [-0.2, -0.15) is 9.90 Å². The third-order valence-electron chi connectivity index (χ3n) is 3.78. The Hall–Kier alpha value is -4.01. The number of benzene rings is 2. The number of nitrogens with zero attached hydrogens (tertiary/aromatic N) is 3. The van der Waals surface area contributed by atoms with Crippen LogP contribution in [0.1, 0.15) is 27.8 Å². The van der Waals surface area contributed by atoms with Gasteiger partial charge in [0.25, 0.3) is 5.91 Å². The molecule has 1 unspecified atom stereocenters. The zero-order chi connectivity index (χ0) is 20.1. The summed E-state index contributed by atoms with van der Waals surface area (Å²) in [6.07, 6.45) is 0.202. The van der Waals surface area contributed by atoms with E-state index in [2.05, 4.69) is 15.5 Å². The molecule has 1 atom stereocenters. The number of hydrogen-bond donors (Lipinski definition) is 2. The quantitative estimate of drug-likeness (QED) is 0.625. The molecule has 0 aliphatic carbocycles. The van der Waals surface area contributed by atoms with E-state index in [-0.39, 0.29) is 5.69 Å². The van der Waals surface area contributed by atoms with Crippen LogP contribution in [0.2, 0.25) is 0 Å². The first kappa shape index (κ1) is 18.8. The van der Waals surface area contributed by atoms with Gasteiger partial charge in [-0.05, 0) is 43.3 Å². The van der Waals surface area contributed by atoms with Crippen molar-refractivity contribution < 1.29 is 19.1 Å². The van der Waals surface area contributed by atoms with Crippen LogP contribution in [0.4, 0.5) is 5.69 Å². The second-order valence-electron chi connectivity index (χ2n) is 5.83. The minimum atomic E-state index is -1.06. The molecule has 2 amide bonds. The highest BCUT2D eigenvalue weighted by atomic mass is 16.5. The predicted octanol–water partition coefficient (Wildman–Crippen LogP) is 1.55. The molecule has 9 nitrogen and oxygen atoms in total. The number of aromatic nitrogens is 3. The molecule has 0 saturated heterocycles. The fourth-order valence-electron chi connectivity index (χ4n) is 2.28. The van der Waals surface area contributed by atoms with Gasteiger partial charge in [0.15, 0.2) is 11.8 Å². The molecule has 0 saturated carbocycles. The maximum atomic E-state index is 12.2. The highest BCUT2D eigenvalue weighted by Gasteiger charge is 2.21. The van der Waals surface area contributed by atoms with Crippen LogP contribution in [0.15, 0.2) is 60.8 Å². The number of nitrogens with one attached hydrogen (secondary N) is 1. The monoisotopic (exact) mass is 379 g/mol. The molecular weight excluding hydrogens is 362 g/mol. The van der Waals surface area contributed by atoms with Crippen molar-refractivity contribution in [1.29, 1.82) is 0 Å². The van der Waals surface area contributed by atoms with Gasteiger partial charge in [-0.1, -0.05) is 18.2 Å². The van der Waals surface area contributed by atoms with Gasteiger partial charge in [0.2, 0.25) is 5.91 Å². The van der Waals surface area contributed by atoms with Crippen molar-refractivity contribution in [3.05, 3.63) is 72.1 Å². The van der Waals surface area contributed by atoms with Gasteiger partial charge in [-0.25, -0.2) is 4.79 Å². The third-order valence-corrected chi connectivity index (χ3v) is 3.78. The number of esters is 1. The van der Waals surface area contributed by atoms with Gasteiger partial charge in [0.05, 0.1) is 11.9 Å². The van der Waals surface area contributed by atoms with Crippen LogP contribution in [0, 0.1) is 0 Å². The second kappa shape index (κ2) is 8.12. The number of rotatable bonds is 6. The average Bonchev–Trinajstić information content (AvgIpc) is 3.19. The second-order valence-corrected chi connectivity index (χ2v) is 5.83. The van der Waals surface area contributed by atoms with Gasteiger partial charge < -0.3 is 15.8 Å². The van der Waals surface area contributed by atoms with Gasteiger partial charge in [-0.15, -0.1) is 5.10 Å². The van der Waals surface area contributed by atoms with E-state index in [0.29, 0.717) is 16.9 Å². The van der Waals surface area contributed by atoms with E-state index < -0.39 is 23.9 Å². The minimum absolute atomic E-state index is 0.0192. The molecule has 0 spiro atoms. The Bertz CT molecular complexity index is 999. The van der Waals surface area contributed by atoms with Gasteiger partial charge in [0, 0.05) is 11.3 Å². The van der Waals surface area contributed by atoms with Crippen molar-refractivity contribution >= 4 is 23.5 Å². The van der Waals surface area contributed by atoms with E-state index >= 15 is 0 Å². The lowest BCUT2D eigenvalue weighted by Gasteiger charge is -2.12. The summed E-state index contributed by atoms with van der Waals surface area (Å²) in [6, 6.07) is 15.1. The predicted molar refractivity (Wildman–Crippen MR) is 99.8 cm³/mol. The molecule has 142 valence electrons. The summed E-state index contributed by atoms with van der Waals surface area (Å²) >= 11 is 0. The van der Waals surface area contributed by atoms with Gasteiger partial charge in [-0.3, -0.25) is 9.59 Å². The zero-order valence-corrected chi connectivity index (χ0v) is 14.9. The molecule has 3 rings (SSSR count). The summed E-state index contributed by atoms with van der Waals surface area (Å²) in [6.45, 7) is 1.44. The summed E-state index contributed by atoms with van der Waals surface area (Å²) in [4.78, 5) is 36.8. The van der Waals surface area contributed by atoms with Crippen LogP contribution in [0.3, 0.4) is 0 Å². The highest BCUT2D eigenvalue weighted by Crippen LogP contribution is 2.11. The van der Waals surface area contributed by atoms with Crippen molar-refractivity contribution in [3.63, 3.8) is 0 Å². The number of carbonyl (C=O) groups is 3. The number of ether oxygens (including phenoxy) is 1. The van der Waals surface area contributed by atoms with Crippen molar-refractivity contribution in [2.45, 2.75) is 13.0 Å². The molecule has 0 aliphatic heterocycles. The Morgan fingerprint density at radius 3 is 2.39 bits per heavy atom. The normalized spacial score (nSPS) is 11.5. The van der Waals surface area contributed by atoms with Gasteiger partial charge >= 0.3 is 5.97 Å². The first-order chi connectivity index (χ1) is 13.4. The summed E-state index contributed by atoms with van der Waals surface area (Å²) < 4.78 is 5.14. The Labute approximate surface area is 160 Å². The summed E-state index contributed by atoms with van der Waals surface area (Å²) in [5.74, 6) is -1.87. The summed E-state index contributed by atoms with van der Waals surface area (Å²) in [5, 5.41) is 10.7. The molecule has 3 aromatic rings. The fourth-order valence-corrected chi connectivity index (χ4v) is 2.28. The largest absolute Gasteiger partial charge is 0.448 e. The lowest BCUT2D eigenvalue weighted by atomic mass is 10.2. The molecular formula is C19H17N5O4. The Morgan fingerprint density at radius 1 is 1.07 bits per heavy atom. The fraction of sp³-hybridized carbons (Fsp3) is 0.105. The molecule has 2 aromatic carbocycles. The molecule has 0 aliphatic rings. The van der Waals surface area contributed by atoms with Crippen molar-refractivity contribution in [3.8, 4) is 5.69 Å². The van der Waals surface area contributed by atoms with E-state index in [4.69, 9.17) is 10.5 Å². The first-order valence-electron chi connectivity index (χ1n) is 8.33. The van der Waals surface area contributed by atoms with E-state index in [0.717, 1.165) is 0 Å². The lowest BCUT2D eigenvalue weighted by Crippen LogP contribution is -2.30. The van der Waals surface area contributed by atoms with E-state index in [9.17, 15) is 14.4 Å². The number of amides is 2. The molecule has 9 heteroatoms. The first-order valence-corrected chi connectivity index (χ1v) is 8.33. The summed E-state index contributed by atoms with van der Waals surface area (Å²) in [7, 11) is 0. The maximum absolute atomic E-state index is 12.2. The Kier molecular flexibility index (Phi) is 5.45. The third kappa shape index (κ3) is 4.39. The zero-order valence-electron chi connectivity index (χ0n) is 14.9.